The molecule has 2 N–H and O–H groups in total. The normalized spacial score (nSPS) is 14.3. The van der Waals surface area contributed by atoms with E-state index in [-0.39, 0.29) is 11.9 Å². The van der Waals surface area contributed by atoms with Crippen molar-refractivity contribution in [2.45, 2.75) is 0 Å². The van der Waals surface area contributed by atoms with Crippen molar-refractivity contribution in [3.8, 4) is 0 Å². The monoisotopic (exact) mass is 332 g/mol. The van der Waals surface area contributed by atoms with Crippen LogP contribution in [0.4, 0.5) is 16.3 Å². The number of amides is 3. The van der Waals surface area contributed by atoms with Gasteiger partial charge < -0.3 is 15.0 Å². The van der Waals surface area contributed by atoms with E-state index in [1.54, 1.807) is 40.6 Å². The SMILES string of the molecule is O=C(Nc1ccc(C(=O)N2CCOCC2)cc1)Nc1ccsn1. The molecule has 0 radical (unpaired) electrons. The maximum absolute atomic E-state index is 12.3. The molecule has 0 spiro atoms. The lowest BCUT2D eigenvalue weighted by atomic mass is 10.1. The summed E-state index contributed by atoms with van der Waals surface area (Å²) in [5.74, 6) is 0.485. The zero-order valence-electron chi connectivity index (χ0n) is 12.3. The van der Waals surface area contributed by atoms with E-state index in [0.717, 1.165) is 0 Å². The smallest absolute Gasteiger partial charge is 0.324 e. The predicted octanol–water partition coefficient (Wildman–Crippen LogP) is 2.26. The van der Waals surface area contributed by atoms with Crippen molar-refractivity contribution in [2.24, 2.45) is 0 Å². The second-order valence-electron chi connectivity index (χ2n) is 4.95. The molecule has 2 aromatic rings. The average Bonchev–Trinajstić information content (AvgIpc) is 3.08. The molecule has 0 aliphatic carbocycles. The van der Waals surface area contributed by atoms with Crippen molar-refractivity contribution in [1.29, 1.82) is 0 Å². The molecule has 120 valence electrons. The first kappa shape index (κ1) is 15.4. The van der Waals surface area contributed by atoms with Crippen molar-refractivity contribution < 1.29 is 14.3 Å². The molecule has 1 aromatic carbocycles. The second kappa shape index (κ2) is 7.21. The topological polar surface area (TPSA) is 83.6 Å². The van der Waals surface area contributed by atoms with Crippen molar-refractivity contribution in [3.05, 3.63) is 41.3 Å². The summed E-state index contributed by atoms with van der Waals surface area (Å²) in [7, 11) is 0. The van der Waals surface area contributed by atoms with Crippen LogP contribution in [0.1, 0.15) is 10.4 Å². The minimum absolute atomic E-state index is 0.0215. The zero-order chi connectivity index (χ0) is 16.1. The van der Waals surface area contributed by atoms with Crippen molar-refractivity contribution in [3.63, 3.8) is 0 Å². The Morgan fingerprint density at radius 3 is 2.48 bits per heavy atom. The van der Waals surface area contributed by atoms with Crippen molar-refractivity contribution >= 4 is 35.0 Å². The summed E-state index contributed by atoms with van der Waals surface area (Å²) in [5.41, 5.74) is 1.20. The van der Waals surface area contributed by atoms with E-state index in [9.17, 15) is 9.59 Å². The number of carbonyl (C=O) groups is 2. The molecule has 1 aromatic heterocycles. The van der Waals surface area contributed by atoms with Gasteiger partial charge in [0.05, 0.1) is 13.2 Å². The van der Waals surface area contributed by atoms with Crippen LogP contribution in [-0.2, 0) is 4.74 Å². The first-order valence-corrected chi connectivity index (χ1v) is 8.01. The van der Waals surface area contributed by atoms with Crippen LogP contribution in [0.25, 0.3) is 0 Å². The van der Waals surface area contributed by atoms with E-state index < -0.39 is 0 Å². The lowest BCUT2D eigenvalue weighted by Crippen LogP contribution is -2.40. The number of hydrogen-bond acceptors (Lipinski definition) is 5. The molecule has 1 fully saturated rings. The number of rotatable bonds is 3. The standard InChI is InChI=1S/C15H16N4O3S/c20-14(19-6-8-22-9-7-19)11-1-3-12(4-2-11)16-15(21)17-13-5-10-23-18-13/h1-5,10H,6-9H2,(H2,16,17,18,21). The molecule has 1 aliphatic rings. The highest BCUT2D eigenvalue weighted by Gasteiger charge is 2.18. The number of morpholine rings is 1. The third-order valence-corrected chi connectivity index (χ3v) is 3.93. The number of urea groups is 1. The molecule has 0 bridgehead atoms. The highest BCUT2D eigenvalue weighted by atomic mass is 32.1. The van der Waals surface area contributed by atoms with Crippen molar-refractivity contribution in [1.82, 2.24) is 9.27 Å². The van der Waals surface area contributed by atoms with Gasteiger partial charge in [-0.2, -0.15) is 4.37 Å². The van der Waals surface area contributed by atoms with Gasteiger partial charge in [-0.05, 0) is 41.9 Å². The summed E-state index contributed by atoms with van der Waals surface area (Å²) in [4.78, 5) is 25.9. The number of benzene rings is 1. The molecule has 3 rings (SSSR count). The van der Waals surface area contributed by atoms with Crippen LogP contribution in [0.2, 0.25) is 0 Å². The van der Waals surface area contributed by atoms with E-state index >= 15 is 0 Å². The fraction of sp³-hybridized carbons (Fsp3) is 0.267. The molecule has 1 aliphatic heterocycles. The third kappa shape index (κ3) is 4.05. The number of hydrogen-bond donors (Lipinski definition) is 2. The minimum atomic E-state index is -0.372. The van der Waals surface area contributed by atoms with Gasteiger partial charge in [-0.1, -0.05) is 0 Å². The molecular formula is C15H16N4O3S. The Morgan fingerprint density at radius 1 is 1.09 bits per heavy atom. The molecule has 7 nitrogen and oxygen atoms in total. The Kier molecular flexibility index (Phi) is 4.84. The summed E-state index contributed by atoms with van der Waals surface area (Å²) in [5, 5.41) is 7.09. The van der Waals surface area contributed by atoms with E-state index in [1.165, 1.54) is 11.5 Å². The van der Waals surface area contributed by atoms with Crippen LogP contribution in [0.15, 0.2) is 35.7 Å². The third-order valence-electron chi connectivity index (χ3n) is 3.37. The number of anilines is 2. The van der Waals surface area contributed by atoms with Crippen LogP contribution >= 0.6 is 11.5 Å². The van der Waals surface area contributed by atoms with E-state index in [0.29, 0.717) is 43.4 Å². The van der Waals surface area contributed by atoms with Crippen LogP contribution < -0.4 is 10.6 Å². The molecule has 0 saturated carbocycles. The molecule has 3 amide bonds. The lowest BCUT2D eigenvalue weighted by molar-refractivity contribution is 0.0303. The first-order chi connectivity index (χ1) is 11.2. The molecule has 0 unspecified atom stereocenters. The summed E-state index contributed by atoms with van der Waals surface area (Å²) >= 11 is 1.26. The maximum atomic E-state index is 12.3. The van der Waals surface area contributed by atoms with Gasteiger partial charge in [-0.25, -0.2) is 4.79 Å². The van der Waals surface area contributed by atoms with Gasteiger partial charge >= 0.3 is 6.03 Å². The van der Waals surface area contributed by atoms with Gasteiger partial charge in [0.15, 0.2) is 0 Å². The van der Waals surface area contributed by atoms with Crippen LogP contribution in [0.5, 0.6) is 0 Å². The first-order valence-electron chi connectivity index (χ1n) is 7.18. The minimum Gasteiger partial charge on any atom is -0.378 e. The molecule has 23 heavy (non-hydrogen) atoms. The Labute approximate surface area is 137 Å². The molecule has 1 saturated heterocycles. The summed E-state index contributed by atoms with van der Waals surface area (Å²) in [6, 6.07) is 8.16. The molecule has 0 atom stereocenters. The van der Waals surface area contributed by atoms with Gasteiger partial charge in [0.1, 0.15) is 5.82 Å². The zero-order valence-corrected chi connectivity index (χ0v) is 13.1. The van der Waals surface area contributed by atoms with Gasteiger partial charge in [0, 0.05) is 29.7 Å². The fourth-order valence-corrected chi connectivity index (χ4v) is 2.67. The summed E-state index contributed by atoms with van der Waals surface area (Å²) < 4.78 is 9.24. The second-order valence-corrected chi connectivity index (χ2v) is 5.61. The lowest BCUT2D eigenvalue weighted by Gasteiger charge is -2.26. The van der Waals surface area contributed by atoms with E-state index in [1.807, 2.05) is 0 Å². The van der Waals surface area contributed by atoms with Gasteiger partial charge in [0.2, 0.25) is 0 Å². The average molecular weight is 332 g/mol. The van der Waals surface area contributed by atoms with Gasteiger partial charge in [-0.3, -0.25) is 10.1 Å². The molecule has 2 heterocycles. The van der Waals surface area contributed by atoms with Crippen LogP contribution in [0, 0.1) is 0 Å². The predicted molar refractivity (Wildman–Crippen MR) is 87.9 cm³/mol. The number of carbonyl (C=O) groups excluding carboxylic acids is 2. The highest BCUT2D eigenvalue weighted by molar-refractivity contribution is 7.03. The number of nitrogens with zero attached hydrogens (tertiary/aromatic N) is 2. The van der Waals surface area contributed by atoms with E-state index in [4.69, 9.17) is 4.74 Å². The molecule has 8 heteroatoms. The summed E-state index contributed by atoms with van der Waals surface area (Å²) in [6.45, 7) is 2.36. The number of nitrogens with one attached hydrogen (secondary N) is 2. The Balaban J connectivity index is 1.58. The largest absolute Gasteiger partial charge is 0.378 e. The van der Waals surface area contributed by atoms with Crippen LogP contribution in [-0.4, -0.2) is 47.5 Å². The Morgan fingerprint density at radius 2 is 1.83 bits per heavy atom. The highest BCUT2D eigenvalue weighted by Crippen LogP contribution is 2.13. The fourth-order valence-electron chi connectivity index (χ4n) is 2.20. The van der Waals surface area contributed by atoms with Crippen LogP contribution in [0.3, 0.4) is 0 Å². The number of ether oxygens (including phenoxy) is 1. The maximum Gasteiger partial charge on any atom is 0.324 e. The van der Waals surface area contributed by atoms with E-state index in [2.05, 4.69) is 15.0 Å². The molecular weight excluding hydrogens is 316 g/mol. The van der Waals surface area contributed by atoms with Crippen molar-refractivity contribution in [2.75, 3.05) is 36.9 Å². The Hall–Kier alpha value is -2.45. The summed E-state index contributed by atoms with van der Waals surface area (Å²) in [6.07, 6.45) is 0. The quantitative estimate of drug-likeness (QED) is 0.903. The van der Waals surface area contributed by atoms with Gasteiger partial charge in [0.25, 0.3) is 5.91 Å². The van der Waals surface area contributed by atoms with Gasteiger partial charge in [-0.15, -0.1) is 0 Å². The number of aromatic nitrogens is 1. The Bertz CT molecular complexity index is 667.